The zero-order chi connectivity index (χ0) is 16.9. The van der Waals surface area contributed by atoms with Gasteiger partial charge in [0.25, 0.3) is 0 Å². The molecular formula is C17H25N3O3. The first-order valence-electron chi connectivity index (χ1n) is 7.61. The summed E-state index contributed by atoms with van der Waals surface area (Å²) in [6, 6.07) is 7.75. The van der Waals surface area contributed by atoms with Crippen LogP contribution in [0.15, 0.2) is 41.9 Å². The molecule has 1 aromatic rings. The molecule has 0 spiro atoms. The summed E-state index contributed by atoms with van der Waals surface area (Å²) in [5.74, 6) is 1.19. The predicted molar refractivity (Wildman–Crippen MR) is 91.6 cm³/mol. The molecule has 126 valence electrons. The van der Waals surface area contributed by atoms with E-state index >= 15 is 0 Å². The number of esters is 1. The number of rotatable bonds is 9. The van der Waals surface area contributed by atoms with Gasteiger partial charge in [0, 0.05) is 18.7 Å². The van der Waals surface area contributed by atoms with E-state index in [1.165, 1.54) is 7.11 Å². The first-order chi connectivity index (χ1) is 11.2. The average Bonchev–Trinajstić information content (AvgIpc) is 2.58. The SMILES string of the molecule is C=CCOc1ccccc1CN=C(NCC)NCCC(=O)OC. The molecule has 0 aromatic heterocycles. The number of nitrogens with zero attached hydrogens (tertiary/aromatic N) is 1. The molecule has 6 nitrogen and oxygen atoms in total. The van der Waals surface area contributed by atoms with E-state index in [0.29, 0.717) is 32.1 Å². The number of hydrogen-bond donors (Lipinski definition) is 2. The molecule has 0 atom stereocenters. The number of ether oxygens (including phenoxy) is 2. The molecular weight excluding hydrogens is 294 g/mol. The number of benzene rings is 1. The third-order valence-electron chi connectivity index (χ3n) is 2.93. The molecule has 2 N–H and O–H groups in total. The molecule has 0 aliphatic heterocycles. The fourth-order valence-corrected chi connectivity index (χ4v) is 1.81. The van der Waals surface area contributed by atoms with E-state index in [1.54, 1.807) is 6.08 Å². The quantitative estimate of drug-likeness (QED) is 0.315. The molecule has 6 heteroatoms. The third kappa shape index (κ3) is 7.35. The summed E-state index contributed by atoms with van der Waals surface area (Å²) in [5, 5.41) is 6.24. The lowest BCUT2D eigenvalue weighted by molar-refractivity contribution is -0.140. The van der Waals surface area contributed by atoms with Crippen LogP contribution < -0.4 is 15.4 Å². The molecule has 0 radical (unpaired) electrons. The second-order valence-electron chi connectivity index (χ2n) is 4.66. The number of aliphatic imine (C=N–C) groups is 1. The van der Waals surface area contributed by atoms with Gasteiger partial charge in [-0.1, -0.05) is 30.9 Å². The number of hydrogen-bond acceptors (Lipinski definition) is 4. The third-order valence-corrected chi connectivity index (χ3v) is 2.93. The van der Waals surface area contributed by atoms with Gasteiger partial charge in [-0.25, -0.2) is 4.99 Å². The number of carbonyl (C=O) groups is 1. The summed E-state index contributed by atoms with van der Waals surface area (Å²) < 4.78 is 10.2. The van der Waals surface area contributed by atoms with Crippen LogP contribution in [0.2, 0.25) is 0 Å². The van der Waals surface area contributed by atoms with Crippen LogP contribution in [0.3, 0.4) is 0 Å². The van der Waals surface area contributed by atoms with E-state index in [9.17, 15) is 4.79 Å². The Morgan fingerprint density at radius 1 is 1.35 bits per heavy atom. The number of methoxy groups -OCH3 is 1. The van der Waals surface area contributed by atoms with Gasteiger partial charge >= 0.3 is 5.97 Å². The van der Waals surface area contributed by atoms with Crippen LogP contribution in [0.5, 0.6) is 5.75 Å². The van der Waals surface area contributed by atoms with Crippen molar-refractivity contribution in [2.75, 3.05) is 26.8 Å². The van der Waals surface area contributed by atoms with E-state index in [-0.39, 0.29) is 5.97 Å². The predicted octanol–water partition coefficient (Wildman–Crippen LogP) is 1.87. The summed E-state index contributed by atoms with van der Waals surface area (Å²) in [6.07, 6.45) is 2.00. The highest BCUT2D eigenvalue weighted by Gasteiger charge is 2.04. The highest BCUT2D eigenvalue weighted by molar-refractivity contribution is 5.80. The molecule has 0 fully saturated rings. The van der Waals surface area contributed by atoms with Gasteiger partial charge < -0.3 is 20.1 Å². The largest absolute Gasteiger partial charge is 0.489 e. The Hall–Kier alpha value is -2.50. The Kier molecular flexibility index (Phi) is 8.97. The van der Waals surface area contributed by atoms with Gasteiger partial charge in [0.05, 0.1) is 20.1 Å². The normalized spacial score (nSPS) is 10.8. The van der Waals surface area contributed by atoms with E-state index in [4.69, 9.17) is 4.74 Å². The van der Waals surface area contributed by atoms with Gasteiger partial charge in [-0.15, -0.1) is 0 Å². The van der Waals surface area contributed by atoms with Crippen molar-refractivity contribution < 1.29 is 14.3 Å². The molecule has 0 aliphatic rings. The lowest BCUT2D eigenvalue weighted by Gasteiger charge is -2.12. The molecule has 0 saturated heterocycles. The minimum atomic E-state index is -0.253. The highest BCUT2D eigenvalue weighted by atomic mass is 16.5. The molecule has 23 heavy (non-hydrogen) atoms. The van der Waals surface area contributed by atoms with Crippen LogP contribution in [0, 0.1) is 0 Å². The highest BCUT2D eigenvalue weighted by Crippen LogP contribution is 2.18. The van der Waals surface area contributed by atoms with Gasteiger partial charge in [0.2, 0.25) is 0 Å². The van der Waals surface area contributed by atoms with E-state index in [0.717, 1.165) is 17.9 Å². The Morgan fingerprint density at radius 3 is 2.83 bits per heavy atom. The molecule has 0 unspecified atom stereocenters. The first-order valence-corrected chi connectivity index (χ1v) is 7.61. The maximum atomic E-state index is 11.1. The van der Waals surface area contributed by atoms with E-state index in [2.05, 4.69) is 26.9 Å². The van der Waals surface area contributed by atoms with Gasteiger partial charge in [0.15, 0.2) is 5.96 Å². The first kappa shape index (κ1) is 18.5. The molecule has 0 saturated carbocycles. The molecule has 0 heterocycles. The maximum absolute atomic E-state index is 11.1. The van der Waals surface area contributed by atoms with Gasteiger partial charge in [-0.3, -0.25) is 4.79 Å². The molecule has 1 rings (SSSR count). The van der Waals surface area contributed by atoms with Crippen LogP contribution in [0.4, 0.5) is 0 Å². The Bertz CT molecular complexity index is 530. The second kappa shape index (κ2) is 11.1. The topological polar surface area (TPSA) is 72.0 Å². The summed E-state index contributed by atoms with van der Waals surface area (Å²) in [7, 11) is 1.38. The van der Waals surface area contributed by atoms with Gasteiger partial charge in [-0.05, 0) is 13.0 Å². The average molecular weight is 319 g/mol. The Morgan fingerprint density at radius 2 is 2.13 bits per heavy atom. The van der Waals surface area contributed by atoms with Crippen molar-refractivity contribution in [1.29, 1.82) is 0 Å². The number of nitrogens with one attached hydrogen (secondary N) is 2. The van der Waals surface area contributed by atoms with Crippen molar-refractivity contribution >= 4 is 11.9 Å². The van der Waals surface area contributed by atoms with E-state index < -0.39 is 0 Å². The number of guanidine groups is 1. The van der Waals surface area contributed by atoms with Gasteiger partial charge in [0.1, 0.15) is 12.4 Å². The minimum absolute atomic E-state index is 0.253. The van der Waals surface area contributed by atoms with Crippen LogP contribution in [0.25, 0.3) is 0 Å². The fourth-order valence-electron chi connectivity index (χ4n) is 1.81. The standard InChI is InChI=1S/C17H25N3O3/c1-4-12-23-15-9-7-6-8-14(15)13-20-17(18-5-2)19-11-10-16(21)22-3/h4,6-9H,1,5,10-13H2,2-3H3,(H2,18,19,20). The zero-order valence-electron chi connectivity index (χ0n) is 13.8. The Labute approximate surface area is 137 Å². The van der Waals surface area contributed by atoms with Crippen LogP contribution >= 0.6 is 0 Å². The molecule has 0 bridgehead atoms. The number of para-hydroxylation sites is 1. The van der Waals surface area contributed by atoms with Crippen LogP contribution in [-0.2, 0) is 16.1 Å². The van der Waals surface area contributed by atoms with Crippen molar-refractivity contribution in [3.05, 3.63) is 42.5 Å². The van der Waals surface area contributed by atoms with Crippen molar-refractivity contribution in [3.63, 3.8) is 0 Å². The lowest BCUT2D eigenvalue weighted by Crippen LogP contribution is -2.38. The smallest absolute Gasteiger partial charge is 0.307 e. The van der Waals surface area contributed by atoms with Crippen LogP contribution in [-0.4, -0.2) is 38.7 Å². The molecule has 0 amide bonds. The maximum Gasteiger partial charge on any atom is 0.307 e. The lowest BCUT2D eigenvalue weighted by atomic mass is 10.2. The van der Waals surface area contributed by atoms with Gasteiger partial charge in [-0.2, -0.15) is 0 Å². The summed E-state index contributed by atoms with van der Waals surface area (Å²) in [4.78, 5) is 15.6. The van der Waals surface area contributed by atoms with Crippen LogP contribution in [0.1, 0.15) is 18.9 Å². The fraction of sp³-hybridized carbons (Fsp3) is 0.412. The van der Waals surface area contributed by atoms with E-state index in [1.807, 2.05) is 31.2 Å². The van der Waals surface area contributed by atoms with Crippen molar-refractivity contribution in [1.82, 2.24) is 10.6 Å². The minimum Gasteiger partial charge on any atom is -0.489 e. The second-order valence-corrected chi connectivity index (χ2v) is 4.66. The van der Waals surface area contributed by atoms with Crippen molar-refractivity contribution in [2.24, 2.45) is 4.99 Å². The molecule has 0 aliphatic carbocycles. The monoisotopic (exact) mass is 319 g/mol. The van der Waals surface area contributed by atoms with Crippen molar-refractivity contribution in [3.8, 4) is 5.75 Å². The summed E-state index contributed by atoms with van der Waals surface area (Å²) in [6.45, 7) is 7.76. The van der Waals surface area contributed by atoms with Crippen molar-refractivity contribution in [2.45, 2.75) is 19.9 Å². The summed E-state index contributed by atoms with van der Waals surface area (Å²) in [5.41, 5.74) is 0.986. The Balaban J connectivity index is 2.65. The number of carbonyl (C=O) groups excluding carboxylic acids is 1. The zero-order valence-corrected chi connectivity index (χ0v) is 13.8. The molecule has 1 aromatic carbocycles. The summed E-state index contributed by atoms with van der Waals surface area (Å²) >= 11 is 0.